The molecule has 26 heavy (non-hydrogen) atoms. The van der Waals surface area contributed by atoms with Gasteiger partial charge in [0.05, 0.1) is 13.0 Å². The average molecular weight is 370 g/mol. The normalized spacial score (nSPS) is 17.1. The number of hydrogen-bond acceptors (Lipinski definition) is 4. The number of likely N-dealkylation sites (tertiary alicyclic amines) is 1. The Morgan fingerprint density at radius 1 is 1.35 bits per heavy atom. The minimum absolute atomic E-state index is 0.0575. The summed E-state index contributed by atoms with van der Waals surface area (Å²) in [5.74, 6) is -0.513. The first-order chi connectivity index (χ1) is 12.4. The fourth-order valence-corrected chi connectivity index (χ4v) is 2.98. The number of halogens is 2. The van der Waals surface area contributed by atoms with Crippen molar-refractivity contribution in [1.82, 2.24) is 4.90 Å². The number of ether oxygens (including phenoxy) is 2. The number of anilines is 1. The van der Waals surface area contributed by atoms with Gasteiger partial charge in [-0.15, -0.1) is 0 Å². The fourth-order valence-electron chi connectivity index (χ4n) is 2.98. The summed E-state index contributed by atoms with van der Waals surface area (Å²) in [6.07, 6.45) is 2.68. The molecule has 2 amide bonds. The molecular formula is C18H24F2N2O4. The maximum Gasteiger partial charge on any atom is 0.387 e. The predicted molar refractivity (Wildman–Crippen MR) is 92.5 cm³/mol. The molecule has 0 spiro atoms. The molecule has 1 saturated heterocycles. The van der Waals surface area contributed by atoms with Gasteiger partial charge in [-0.1, -0.05) is 6.92 Å². The molecule has 144 valence electrons. The first kappa shape index (κ1) is 19.9. The quantitative estimate of drug-likeness (QED) is 0.800. The smallest absolute Gasteiger partial charge is 0.387 e. The molecule has 1 atom stereocenters. The second-order valence-corrected chi connectivity index (χ2v) is 6.16. The molecule has 8 heteroatoms. The molecule has 1 heterocycles. The summed E-state index contributed by atoms with van der Waals surface area (Å²) in [5.41, 5.74) is 0.337. The molecule has 1 aromatic carbocycles. The molecule has 0 saturated carbocycles. The Morgan fingerprint density at radius 3 is 2.77 bits per heavy atom. The fraction of sp³-hybridized carbons (Fsp3) is 0.556. The van der Waals surface area contributed by atoms with E-state index in [1.807, 2.05) is 6.92 Å². The van der Waals surface area contributed by atoms with Gasteiger partial charge in [0.15, 0.2) is 11.5 Å². The molecule has 1 N–H and O–H groups in total. The number of piperidine rings is 1. The lowest BCUT2D eigenvalue weighted by atomic mass is 9.96. The molecule has 1 aliphatic heterocycles. The molecule has 6 nitrogen and oxygen atoms in total. The van der Waals surface area contributed by atoms with Crippen LogP contribution in [0.15, 0.2) is 18.2 Å². The zero-order valence-electron chi connectivity index (χ0n) is 15.0. The summed E-state index contributed by atoms with van der Waals surface area (Å²) in [6, 6.07) is 4.30. The maximum atomic E-state index is 12.5. The standard InChI is InChI=1S/C18H24F2N2O4/c1-3-5-16(23)22-9-4-6-12(11-22)17(24)21-13-7-8-14(25-2)15(10-13)26-18(19)20/h7-8,10,12,18H,3-6,9,11H2,1-2H3,(H,21,24). The number of amides is 2. The first-order valence-electron chi connectivity index (χ1n) is 8.66. The summed E-state index contributed by atoms with van der Waals surface area (Å²) in [5, 5.41) is 2.71. The van der Waals surface area contributed by atoms with Crippen LogP contribution in [0, 0.1) is 5.92 Å². The largest absolute Gasteiger partial charge is 0.493 e. The average Bonchev–Trinajstić information content (AvgIpc) is 2.62. The van der Waals surface area contributed by atoms with Crippen LogP contribution in [-0.2, 0) is 9.59 Å². The number of nitrogens with zero attached hydrogens (tertiary/aromatic N) is 1. The van der Waals surface area contributed by atoms with Crippen LogP contribution in [0.5, 0.6) is 11.5 Å². The molecule has 0 aromatic heterocycles. The number of methoxy groups -OCH3 is 1. The Hall–Kier alpha value is -2.38. The number of benzene rings is 1. The van der Waals surface area contributed by atoms with Gasteiger partial charge in [0.2, 0.25) is 11.8 Å². The lowest BCUT2D eigenvalue weighted by Crippen LogP contribution is -2.43. The van der Waals surface area contributed by atoms with Crippen molar-refractivity contribution < 1.29 is 27.8 Å². The maximum absolute atomic E-state index is 12.5. The molecule has 0 bridgehead atoms. The van der Waals surface area contributed by atoms with Gasteiger partial charge in [-0.25, -0.2) is 0 Å². The van der Waals surface area contributed by atoms with Crippen molar-refractivity contribution in [1.29, 1.82) is 0 Å². The van der Waals surface area contributed by atoms with Crippen molar-refractivity contribution in [2.75, 3.05) is 25.5 Å². The van der Waals surface area contributed by atoms with Crippen molar-refractivity contribution in [3.63, 3.8) is 0 Å². The molecular weight excluding hydrogens is 346 g/mol. The number of hydrogen-bond donors (Lipinski definition) is 1. The molecule has 1 aromatic rings. The summed E-state index contributed by atoms with van der Waals surface area (Å²) < 4.78 is 34.4. The number of alkyl halides is 2. The van der Waals surface area contributed by atoms with Gasteiger partial charge < -0.3 is 19.7 Å². The van der Waals surface area contributed by atoms with Gasteiger partial charge in [0.1, 0.15) is 0 Å². The zero-order chi connectivity index (χ0) is 19.1. The monoisotopic (exact) mass is 370 g/mol. The van der Waals surface area contributed by atoms with Crippen LogP contribution in [0.1, 0.15) is 32.6 Å². The van der Waals surface area contributed by atoms with E-state index in [1.165, 1.54) is 19.2 Å². The number of carbonyl (C=O) groups excluding carboxylic acids is 2. The van der Waals surface area contributed by atoms with Crippen molar-refractivity contribution in [2.24, 2.45) is 5.92 Å². The third-order valence-electron chi connectivity index (χ3n) is 4.26. The minimum atomic E-state index is -2.99. The van der Waals surface area contributed by atoms with Gasteiger partial charge in [-0.3, -0.25) is 9.59 Å². The topological polar surface area (TPSA) is 67.9 Å². The molecule has 0 radical (unpaired) electrons. The highest BCUT2D eigenvalue weighted by Crippen LogP contribution is 2.32. The van der Waals surface area contributed by atoms with Crippen LogP contribution in [0.3, 0.4) is 0 Å². The van der Waals surface area contributed by atoms with Gasteiger partial charge in [-0.2, -0.15) is 8.78 Å². The molecule has 1 fully saturated rings. The third kappa shape index (κ3) is 5.31. The summed E-state index contributed by atoms with van der Waals surface area (Å²) in [4.78, 5) is 26.3. The van der Waals surface area contributed by atoms with Gasteiger partial charge in [-0.05, 0) is 31.4 Å². The van der Waals surface area contributed by atoms with Crippen molar-refractivity contribution in [3.05, 3.63) is 18.2 Å². The lowest BCUT2D eigenvalue weighted by Gasteiger charge is -2.32. The third-order valence-corrected chi connectivity index (χ3v) is 4.26. The Kier molecular flexibility index (Phi) is 7.17. The molecule has 0 aliphatic carbocycles. The molecule has 1 unspecified atom stereocenters. The summed E-state index contributed by atoms with van der Waals surface area (Å²) in [7, 11) is 1.34. The highest BCUT2D eigenvalue weighted by atomic mass is 19.3. The van der Waals surface area contributed by atoms with Gasteiger partial charge in [0, 0.05) is 31.3 Å². The number of nitrogens with one attached hydrogen (secondary N) is 1. The Balaban J connectivity index is 2.03. The van der Waals surface area contributed by atoms with E-state index in [4.69, 9.17) is 4.74 Å². The summed E-state index contributed by atoms with van der Waals surface area (Å²) in [6.45, 7) is -0.0145. The van der Waals surface area contributed by atoms with Crippen LogP contribution in [0.25, 0.3) is 0 Å². The lowest BCUT2D eigenvalue weighted by molar-refractivity contribution is -0.134. The van der Waals surface area contributed by atoms with Crippen LogP contribution in [0.4, 0.5) is 14.5 Å². The first-order valence-corrected chi connectivity index (χ1v) is 8.66. The predicted octanol–water partition coefficient (Wildman–Crippen LogP) is 3.27. The van der Waals surface area contributed by atoms with Crippen LogP contribution < -0.4 is 14.8 Å². The van der Waals surface area contributed by atoms with Crippen LogP contribution in [-0.4, -0.2) is 43.5 Å². The van der Waals surface area contributed by atoms with E-state index in [-0.39, 0.29) is 29.2 Å². The van der Waals surface area contributed by atoms with Crippen molar-refractivity contribution >= 4 is 17.5 Å². The van der Waals surface area contributed by atoms with E-state index < -0.39 is 6.61 Å². The highest BCUT2D eigenvalue weighted by Gasteiger charge is 2.28. The second-order valence-electron chi connectivity index (χ2n) is 6.16. The Morgan fingerprint density at radius 2 is 2.12 bits per heavy atom. The Labute approximate surface area is 151 Å². The van der Waals surface area contributed by atoms with E-state index in [2.05, 4.69) is 10.1 Å². The minimum Gasteiger partial charge on any atom is -0.493 e. The van der Waals surface area contributed by atoms with Crippen molar-refractivity contribution in [2.45, 2.75) is 39.2 Å². The van der Waals surface area contributed by atoms with E-state index in [1.54, 1.807) is 11.0 Å². The van der Waals surface area contributed by atoms with Gasteiger partial charge >= 0.3 is 6.61 Å². The van der Waals surface area contributed by atoms with E-state index >= 15 is 0 Å². The molecule has 1 aliphatic rings. The van der Waals surface area contributed by atoms with E-state index in [9.17, 15) is 18.4 Å². The Bertz CT molecular complexity index is 640. The van der Waals surface area contributed by atoms with Gasteiger partial charge in [0.25, 0.3) is 0 Å². The zero-order valence-corrected chi connectivity index (χ0v) is 15.0. The summed E-state index contributed by atoms with van der Waals surface area (Å²) >= 11 is 0. The SMILES string of the molecule is CCCC(=O)N1CCCC(C(=O)Nc2ccc(OC)c(OC(F)F)c2)C1. The van der Waals surface area contributed by atoms with E-state index in [0.717, 1.165) is 12.8 Å². The molecule has 2 rings (SSSR count). The van der Waals surface area contributed by atoms with Crippen LogP contribution in [0.2, 0.25) is 0 Å². The second kappa shape index (κ2) is 9.35. The van der Waals surface area contributed by atoms with E-state index in [0.29, 0.717) is 31.6 Å². The van der Waals surface area contributed by atoms with Crippen LogP contribution >= 0.6 is 0 Å². The number of carbonyl (C=O) groups is 2. The number of rotatable bonds is 7. The van der Waals surface area contributed by atoms with Crippen molar-refractivity contribution in [3.8, 4) is 11.5 Å². The highest BCUT2D eigenvalue weighted by molar-refractivity contribution is 5.93.